The third kappa shape index (κ3) is 3.62. The molecule has 0 aliphatic rings. The summed E-state index contributed by atoms with van der Waals surface area (Å²) in [4.78, 5) is 20.1. The maximum atomic E-state index is 12.1. The van der Waals surface area contributed by atoms with Gasteiger partial charge in [-0.25, -0.2) is 0 Å². The lowest BCUT2D eigenvalue weighted by atomic mass is 10.2. The monoisotopic (exact) mass is 373 g/mol. The number of benzene rings is 1. The van der Waals surface area contributed by atoms with Gasteiger partial charge in [-0.05, 0) is 42.8 Å². The van der Waals surface area contributed by atoms with E-state index in [-0.39, 0.29) is 18.3 Å². The zero-order valence-corrected chi connectivity index (χ0v) is 13.8. The summed E-state index contributed by atoms with van der Waals surface area (Å²) in [7, 11) is 0. The Morgan fingerprint density at radius 1 is 1.26 bits per heavy atom. The number of hydrogen-bond acceptors (Lipinski definition) is 6. The van der Waals surface area contributed by atoms with Crippen molar-refractivity contribution in [3.63, 3.8) is 0 Å². The van der Waals surface area contributed by atoms with E-state index in [1.165, 1.54) is 0 Å². The average molecular weight is 374 g/mol. The van der Waals surface area contributed by atoms with E-state index in [1.54, 1.807) is 30.6 Å². The van der Waals surface area contributed by atoms with Gasteiger partial charge in [0.2, 0.25) is 5.82 Å². The Kier molecular flexibility index (Phi) is 4.47. The van der Waals surface area contributed by atoms with Gasteiger partial charge in [0, 0.05) is 22.4 Å². The van der Waals surface area contributed by atoms with Gasteiger partial charge in [-0.2, -0.15) is 4.98 Å². The largest absolute Gasteiger partial charge is 0.485 e. The average Bonchev–Trinajstić information content (AvgIpc) is 3.06. The molecular formula is C16H12BrN3O3. The highest BCUT2D eigenvalue weighted by Gasteiger charge is 2.17. The minimum atomic E-state index is -0.377. The molecule has 1 aromatic carbocycles. The summed E-state index contributed by atoms with van der Waals surface area (Å²) >= 11 is 3.41. The number of Topliss-reactive ketones (excluding diaryl/α,β-unsaturated/α-hetero) is 1. The highest BCUT2D eigenvalue weighted by molar-refractivity contribution is 9.10. The first-order chi connectivity index (χ1) is 11.1. The first-order valence-electron chi connectivity index (χ1n) is 6.80. The number of pyridine rings is 1. The molecule has 0 saturated carbocycles. The van der Waals surface area contributed by atoms with E-state index in [1.807, 2.05) is 19.1 Å². The summed E-state index contributed by atoms with van der Waals surface area (Å²) in [5.74, 6) is 0.493. The topological polar surface area (TPSA) is 78.1 Å². The summed E-state index contributed by atoms with van der Waals surface area (Å²) in [6.07, 6.45) is 3.23. The second-order valence-corrected chi connectivity index (χ2v) is 5.64. The normalized spacial score (nSPS) is 10.5. The van der Waals surface area contributed by atoms with Crippen LogP contribution in [0, 0.1) is 6.92 Å². The number of halogens is 1. The summed E-state index contributed by atoms with van der Waals surface area (Å²) in [6, 6.07) is 8.96. The van der Waals surface area contributed by atoms with E-state index in [9.17, 15) is 4.79 Å². The van der Waals surface area contributed by atoms with Crippen molar-refractivity contribution >= 4 is 21.7 Å². The highest BCUT2D eigenvalue weighted by atomic mass is 79.9. The van der Waals surface area contributed by atoms with Crippen LogP contribution in [-0.2, 0) is 0 Å². The Labute approximate surface area is 140 Å². The van der Waals surface area contributed by atoms with E-state index >= 15 is 0 Å². The SMILES string of the molecule is Cc1cc(OCC(=O)c2nc(-c3ccncc3)no2)ccc1Br. The minimum absolute atomic E-state index is 0.0781. The van der Waals surface area contributed by atoms with Crippen LogP contribution in [-0.4, -0.2) is 27.5 Å². The number of aromatic nitrogens is 3. The third-order valence-corrected chi connectivity index (χ3v) is 3.99. The molecule has 23 heavy (non-hydrogen) atoms. The van der Waals surface area contributed by atoms with Crippen LogP contribution in [0.3, 0.4) is 0 Å². The molecule has 0 aliphatic carbocycles. The van der Waals surface area contributed by atoms with Crippen LogP contribution in [0.1, 0.15) is 16.2 Å². The van der Waals surface area contributed by atoms with Gasteiger partial charge in [0.15, 0.2) is 6.61 Å². The van der Waals surface area contributed by atoms with Gasteiger partial charge < -0.3 is 9.26 Å². The zero-order chi connectivity index (χ0) is 16.2. The van der Waals surface area contributed by atoms with Crippen molar-refractivity contribution in [3.8, 4) is 17.1 Å². The van der Waals surface area contributed by atoms with Crippen LogP contribution in [0.2, 0.25) is 0 Å². The molecule has 7 heteroatoms. The molecule has 0 amide bonds. The van der Waals surface area contributed by atoms with Crippen LogP contribution in [0.25, 0.3) is 11.4 Å². The number of rotatable bonds is 5. The van der Waals surface area contributed by atoms with Crippen molar-refractivity contribution in [3.05, 3.63) is 58.7 Å². The molecular weight excluding hydrogens is 362 g/mol. The predicted octanol–water partition coefficient (Wildman–Crippen LogP) is 3.46. The number of ether oxygens (including phenoxy) is 1. The lowest BCUT2D eigenvalue weighted by molar-refractivity contribution is 0.0877. The van der Waals surface area contributed by atoms with Gasteiger partial charge in [-0.15, -0.1) is 0 Å². The number of carbonyl (C=O) groups is 1. The van der Waals surface area contributed by atoms with E-state index < -0.39 is 0 Å². The van der Waals surface area contributed by atoms with Crippen LogP contribution in [0.15, 0.2) is 51.7 Å². The smallest absolute Gasteiger partial charge is 0.298 e. The van der Waals surface area contributed by atoms with Crippen molar-refractivity contribution in [2.75, 3.05) is 6.61 Å². The van der Waals surface area contributed by atoms with Gasteiger partial charge in [-0.1, -0.05) is 21.1 Å². The molecule has 3 rings (SSSR count). The molecule has 0 saturated heterocycles. The lowest BCUT2D eigenvalue weighted by Gasteiger charge is -2.05. The summed E-state index contributed by atoms with van der Waals surface area (Å²) in [6.45, 7) is 1.77. The van der Waals surface area contributed by atoms with Crippen LogP contribution in [0.5, 0.6) is 5.75 Å². The van der Waals surface area contributed by atoms with Crippen LogP contribution < -0.4 is 4.74 Å². The molecule has 2 aromatic heterocycles. The molecule has 6 nitrogen and oxygen atoms in total. The van der Waals surface area contributed by atoms with Crippen molar-refractivity contribution in [2.24, 2.45) is 0 Å². The molecule has 0 atom stereocenters. The van der Waals surface area contributed by atoms with Gasteiger partial charge in [0.05, 0.1) is 0 Å². The molecule has 2 heterocycles. The van der Waals surface area contributed by atoms with E-state index in [0.717, 1.165) is 15.6 Å². The highest BCUT2D eigenvalue weighted by Crippen LogP contribution is 2.21. The van der Waals surface area contributed by atoms with Gasteiger partial charge in [-0.3, -0.25) is 9.78 Å². The van der Waals surface area contributed by atoms with E-state index in [4.69, 9.17) is 9.26 Å². The number of ketones is 1. The van der Waals surface area contributed by atoms with Crippen molar-refractivity contribution in [1.29, 1.82) is 0 Å². The van der Waals surface area contributed by atoms with Gasteiger partial charge in [0.1, 0.15) is 5.75 Å². The van der Waals surface area contributed by atoms with E-state index in [2.05, 4.69) is 31.1 Å². The van der Waals surface area contributed by atoms with Crippen molar-refractivity contribution in [2.45, 2.75) is 6.92 Å². The fraction of sp³-hybridized carbons (Fsp3) is 0.125. The van der Waals surface area contributed by atoms with Gasteiger partial charge >= 0.3 is 0 Å². The molecule has 0 N–H and O–H groups in total. The molecule has 116 valence electrons. The number of carbonyl (C=O) groups excluding carboxylic acids is 1. The van der Waals surface area contributed by atoms with Crippen LogP contribution >= 0.6 is 15.9 Å². The molecule has 0 spiro atoms. The molecule has 0 bridgehead atoms. The number of nitrogens with zero attached hydrogens (tertiary/aromatic N) is 3. The first-order valence-corrected chi connectivity index (χ1v) is 7.59. The Balaban J connectivity index is 1.67. The third-order valence-electron chi connectivity index (χ3n) is 3.10. The molecule has 0 fully saturated rings. The second kappa shape index (κ2) is 6.70. The predicted molar refractivity (Wildman–Crippen MR) is 86.2 cm³/mol. The minimum Gasteiger partial charge on any atom is -0.485 e. The first kappa shape index (κ1) is 15.4. The quantitative estimate of drug-likeness (QED) is 0.637. The molecule has 3 aromatic rings. The Morgan fingerprint density at radius 2 is 2.04 bits per heavy atom. The van der Waals surface area contributed by atoms with Crippen molar-refractivity contribution in [1.82, 2.24) is 15.1 Å². The summed E-state index contributed by atoms with van der Waals surface area (Å²) in [5.41, 5.74) is 1.75. The maximum absolute atomic E-state index is 12.1. The van der Waals surface area contributed by atoms with Gasteiger partial charge in [0.25, 0.3) is 11.7 Å². The number of aryl methyl sites for hydroxylation is 1. The lowest BCUT2D eigenvalue weighted by Crippen LogP contribution is -2.12. The molecule has 0 unspecified atom stereocenters. The van der Waals surface area contributed by atoms with Crippen molar-refractivity contribution < 1.29 is 14.1 Å². The second-order valence-electron chi connectivity index (χ2n) is 4.78. The van der Waals surface area contributed by atoms with E-state index in [0.29, 0.717) is 11.6 Å². The fourth-order valence-corrected chi connectivity index (χ4v) is 2.12. The Hall–Kier alpha value is -2.54. The number of hydrogen-bond donors (Lipinski definition) is 0. The summed E-state index contributed by atoms with van der Waals surface area (Å²) < 4.78 is 11.4. The Bertz CT molecular complexity index is 834. The standard InChI is InChI=1S/C16H12BrN3O3/c1-10-8-12(2-3-13(10)17)22-9-14(21)16-19-15(20-23-16)11-4-6-18-7-5-11/h2-8H,9H2,1H3. The fourth-order valence-electron chi connectivity index (χ4n) is 1.87. The molecule has 0 aliphatic heterocycles. The maximum Gasteiger partial charge on any atom is 0.298 e. The molecule has 0 radical (unpaired) electrons. The zero-order valence-electron chi connectivity index (χ0n) is 12.2. The van der Waals surface area contributed by atoms with Crippen LogP contribution in [0.4, 0.5) is 0 Å². The summed E-state index contributed by atoms with van der Waals surface area (Å²) in [5, 5.41) is 3.79. The Morgan fingerprint density at radius 3 is 2.78 bits per heavy atom.